The zero-order valence-electron chi connectivity index (χ0n) is 10.2. The summed E-state index contributed by atoms with van der Waals surface area (Å²) in [7, 11) is -0.819. The zero-order valence-corrected chi connectivity index (χ0v) is 11.0. The van der Waals surface area contributed by atoms with Crippen LogP contribution >= 0.6 is 0 Å². The van der Waals surface area contributed by atoms with E-state index >= 15 is 0 Å². The Balaban J connectivity index is 1.95. The Morgan fingerprint density at radius 2 is 1.74 bits per heavy atom. The third-order valence-electron chi connectivity index (χ3n) is 2.85. The summed E-state index contributed by atoms with van der Waals surface area (Å²) in [6, 6.07) is 5.71. The monoisotopic (exact) mass is 282 g/mol. The lowest BCUT2D eigenvalue weighted by molar-refractivity contribution is 0.0697. The molecule has 2 amide bonds. The van der Waals surface area contributed by atoms with Crippen LogP contribution in [0.3, 0.4) is 0 Å². The fraction of sp³-hybridized carbons (Fsp3) is 0.333. The molecule has 102 valence electrons. The summed E-state index contributed by atoms with van der Waals surface area (Å²) < 4.78 is 11.2. The first-order valence-electron chi connectivity index (χ1n) is 5.80. The van der Waals surface area contributed by atoms with Crippen molar-refractivity contribution in [3.8, 4) is 0 Å². The standard InChI is InChI=1S/C12H14N2O4S/c15-11(16)9-1-3-10(4-2-9)13-12(17)14-5-7-19(18)8-6-14/h1-4H,5-8H2,(H,13,17)(H,15,16). The van der Waals surface area contributed by atoms with Gasteiger partial charge in [-0.1, -0.05) is 0 Å². The highest BCUT2D eigenvalue weighted by Gasteiger charge is 2.19. The van der Waals surface area contributed by atoms with Gasteiger partial charge in [0.05, 0.1) is 5.56 Å². The van der Waals surface area contributed by atoms with Gasteiger partial charge in [-0.05, 0) is 24.3 Å². The van der Waals surface area contributed by atoms with E-state index < -0.39 is 16.8 Å². The molecule has 0 radical (unpaired) electrons. The molecule has 1 aliphatic heterocycles. The first-order valence-corrected chi connectivity index (χ1v) is 7.29. The second-order valence-corrected chi connectivity index (χ2v) is 5.84. The van der Waals surface area contributed by atoms with E-state index in [0.717, 1.165) is 0 Å². The highest BCUT2D eigenvalue weighted by Crippen LogP contribution is 2.11. The molecule has 2 rings (SSSR count). The van der Waals surface area contributed by atoms with Gasteiger partial charge in [0.15, 0.2) is 0 Å². The minimum absolute atomic E-state index is 0.173. The van der Waals surface area contributed by atoms with E-state index in [4.69, 9.17) is 5.11 Å². The Kier molecular flexibility index (Phi) is 4.16. The van der Waals surface area contributed by atoms with E-state index in [1.807, 2.05) is 0 Å². The third kappa shape index (κ3) is 3.54. The Labute approximate surface area is 112 Å². The minimum Gasteiger partial charge on any atom is -0.478 e. The van der Waals surface area contributed by atoms with Crippen molar-refractivity contribution in [1.29, 1.82) is 0 Å². The van der Waals surface area contributed by atoms with Gasteiger partial charge in [-0.3, -0.25) is 4.21 Å². The number of hydrogen-bond acceptors (Lipinski definition) is 3. The number of benzene rings is 1. The molecule has 0 unspecified atom stereocenters. The van der Waals surface area contributed by atoms with E-state index in [9.17, 15) is 13.8 Å². The molecule has 1 heterocycles. The first kappa shape index (κ1) is 13.5. The van der Waals surface area contributed by atoms with Crippen LogP contribution in [0.2, 0.25) is 0 Å². The number of carbonyl (C=O) groups excluding carboxylic acids is 1. The highest BCUT2D eigenvalue weighted by atomic mass is 32.2. The maximum Gasteiger partial charge on any atom is 0.335 e. The second-order valence-electron chi connectivity index (χ2n) is 4.15. The number of carbonyl (C=O) groups is 2. The van der Waals surface area contributed by atoms with Crippen LogP contribution in [0, 0.1) is 0 Å². The molecule has 0 saturated carbocycles. The zero-order chi connectivity index (χ0) is 13.8. The van der Waals surface area contributed by atoms with Crippen molar-refractivity contribution in [2.45, 2.75) is 0 Å². The van der Waals surface area contributed by atoms with Gasteiger partial charge in [0.1, 0.15) is 0 Å². The molecule has 1 fully saturated rings. The number of nitrogens with zero attached hydrogens (tertiary/aromatic N) is 1. The topological polar surface area (TPSA) is 86.7 Å². The van der Waals surface area contributed by atoms with Crippen LogP contribution in [0.25, 0.3) is 0 Å². The maximum absolute atomic E-state index is 11.9. The van der Waals surface area contributed by atoms with Crippen molar-refractivity contribution < 1.29 is 18.9 Å². The van der Waals surface area contributed by atoms with Crippen LogP contribution in [-0.2, 0) is 10.8 Å². The molecular formula is C12H14N2O4S. The molecule has 7 heteroatoms. The molecule has 1 aliphatic rings. The molecule has 0 aromatic heterocycles. The highest BCUT2D eigenvalue weighted by molar-refractivity contribution is 7.85. The number of anilines is 1. The lowest BCUT2D eigenvalue weighted by Gasteiger charge is -2.26. The molecule has 1 saturated heterocycles. The molecule has 0 atom stereocenters. The van der Waals surface area contributed by atoms with Crippen molar-refractivity contribution >= 4 is 28.5 Å². The molecule has 0 bridgehead atoms. The van der Waals surface area contributed by atoms with Gasteiger partial charge < -0.3 is 15.3 Å². The molecule has 1 aromatic rings. The van der Waals surface area contributed by atoms with Crippen molar-refractivity contribution in [3.05, 3.63) is 29.8 Å². The number of nitrogens with one attached hydrogen (secondary N) is 1. The van der Waals surface area contributed by atoms with Gasteiger partial charge in [0, 0.05) is 41.1 Å². The Hall–Kier alpha value is -1.89. The third-order valence-corrected chi connectivity index (χ3v) is 4.12. The molecule has 6 nitrogen and oxygen atoms in total. The molecule has 0 aliphatic carbocycles. The number of carboxylic acids is 1. The minimum atomic E-state index is -1.00. The van der Waals surface area contributed by atoms with Crippen LogP contribution < -0.4 is 5.32 Å². The van der Waals surface area contributed by atoms with E-state index in [1.165, 1.54) is 12.1 Å². The number of amides is 2. The summed E-state index contributed by atoms with van der Waals surface area (Å²) in [5.41, 5.74) is 0.716. The van der Waals surface area contributed by atoms with Crippen LogP contribution in [0.15, 0.2) is 24.3 Å². The molecule has 2 N–H and O–H groups in total. The number of urea groups is 1. The summed E-state index contributed by atoms with van der Waals surface area (Å²) in [6.07, 6.45) is 0. The van der Waals surface area contributed by atoms with Gasteiger partial charge in [-0.25, -0.2) is 9.59 Å². The summed E-state index contributed by atoms with van der Waals surface area (Å²) in [5.74, 6) is 0.00731. The fourth-order valence-corrected chi connectivity index (χ4v) is 2.79. The second kappa shape index (κ2) is 5.83. The van der Waals surface area contributed by atoms with E-state index in [0.29, 0.717) is 30.3 Å². The predicted molar refractivity (Wildman–Crippen MR) is 71.9 cm³/mol. The van der Waals surface area contributed by atoms with E-state index in [-0.39, 0.29) is 11.6 Å². The smallest absolute Gasteiger partial charge is 0.335 e. The number of rotatable bonds is 2. The summed E-state index contributed by atoms with van der Waals surface area (Å²) in [6.45, 7) is 0.956. The first-order chi connectivity index (χ1) is 9.06. The van der Waals surface area contributed by atoms with E-state index in [1.54, 1.807) is 17.0 Å². The predicted octanol–water partition coefficient (Wildman–Crippen LogP) is 0.981. The van der Waals surface area contributed by atoms with E-state index in [2.05, 4.69) is 5.32 Å². The summed E-state index contributed by atoms with van der Waals surface area (Å²) >= 11 is 0. The average molecular weight is 282 g/mol. The summed E-state index contributed by atoms with van der Waals surface area (Å²) in [5, 5.41) is 11.4. The van der Waals surface area contributed by atoms with Gasteiger partial charge in [-0.15, -0.1) is 0 Å². The molecule has 19 heavy (non-hydrogen) atoms. The van der Waals surface area contributed by atoms with Crippen molar-refractivity contribution in [2.24, 2.45) is 0 Å². The number of hydrogen-bond donors (Lipinski definition) is 2. The van der Waals surface area contributed by atoms with Crippen LogP contribution in [-0.4, -0.2) is 50.8 Å². The largest absolute Gasteiger partial charge is 0.478 e. The molecule has 1 aromatic carbocycles. The lowest BCUT2D eigenvalue weighted by atomic mass is 10.2. The molecule has 0 spiro atoms. The fourth-order valence-electron chi connectivity index (χ4n) is 1.74. The lowest BCUT2D eigenvalue weighted by Crippen LogP contribution is -2.43. The quantitative estimate of drug-likeness (QED) is 0.846. The van der Waals surface area contributed by atoms with Crippen LogP contribution in [0.5, 0.6) is 0 Å². The Bertz CT molecular complexity index is 505. The number of aromatic carboxylic acids is 1. The Morgan fingerprint density at radius 1 is 1.16 bits per heavy atom. The van der Waals surface area contributed by atoms with Crippen molar-refractivity contribution in [1.82, 2.24) is 4.90 Å². The van der Waals surface area contributed by atoms with Crippen LogP contribution in [0.1, 0.15) is 10.4 Å². The van der Waals surface area contributed by atoms with Gasteiger partial charge in [0.25, 0.3) is 0 Å². The van der Waals surface area contributed by atoms with Crippen molar-refractivity contribution in [2.75, 3.05) is 29.9 Å². The van der Waals surface area contributed by atoms with Gasteiger partial charge in [-0.2, -0.15) is 0 Å². The van der Waals surface area contributed by atoms with Gasteiger partial charge in [0.2, 0.25) is 0 Å². The normalized spacial score (nSPS) is 16.1. The average Bonchev–Trinajstić information content (AvgIpc) is 2.40. The SMILES string of the molecule is O=C(O)c1ccc(NC(=O)N2CCS(=O)CC2)cc1. The van der Waals surface area contributed by atoms with Crippen molar-refractivity contribution in [3.63, 3.8) is 0 Å². The molecular weight excluding hydrogens is 268 g/mol. The Morgan fingerprint density at radius 3 is 2.26 bits per heavy atom. The number of carboxylic acid groups (broad SMARTS) is 1. The van der Waals surface area contributed by atoms with Gasteiger partial charge >= 0.3 is 12.0 Å². The van der Waals surface area contributed by atoms with Crippen LogP contribution in [0.4, 0.5) is 10.5 Å². The maximum atomic E-state index is 11.9. The summed E-state index contributed by atoms with van der Waals surface area (Å²) in [4.78, 5) is 24.2.